The molecular formula is C27H32N6O6S. The lowest BCUT2D eigenvalue weighted by molar-refractivity contribution is -0.142. The van der Waals surface area contributed by atoms with Gasteiger partial charge in [-0.05, 0) is 23.6 Å². The van der Waals surface area contributed by atoms with E-state index in [2.05, 4.69) is 33.6 Å². The fraction of sp³-hybridized carbons (Fsp3) is 0.296. The molecule has 2 aromatic carbocycles. The Labute approximate surface area is 235 Å². The molecule has 1 aromatic heterocycles. The minimum Gasteiger partial charge on any atom is -0.480 e. The lowest BCUT2D eigenvalue weighted by atomic mass is 10.0. The number of nitrogens with two attached hydrogens (primary N) is 2. The van der Waals surface area contributed by atoms with Crippen molar-refractivity contribution < 1.29 is 29.1 Å². The second-order valence-electron chi connectivity index (χ2n) is 9.23. The molecule has 0 aliphatic rings. The molecular weight excluding hydrogens is 536 g/mol. The number of carbonyl (C=O) groups is 5. The molecule has 13 heteroatoms. The molecule has 3 rings (SSSR count). The number of benzene rings is 2. The minimum atomic E-state index is -1.49. The molecule has 1 heterocycles. The number of primary amides is 1. The van der Waals surface area contributed by atoms with Crippen LogP contribution in [0.4, 0.5) is 0 Å². The lowest BCUT2D eigenvalue weighted by Gasteiger charge is -2.24. The predicted octanol–water partition coefficient (Wildman–Crippen LogP) is -0.375. The van der Waals surface area contributed by atoms with Crippen LogP contribution in [0.1, 0.15) is 17.5 Å². The highest BCUT2D eigenvalue weighted by Crippen LogP contribution is 2.19. The summed E-state index contributed by atoms with van der Waals surface area (Å²) in [6, 6.07) is 11.3. The van der Waals surface area contributed by atoms with Gasteiger partial charge in [0, 0.05) is 29.3 Å². The maximum absolute atomic E-state index is 13.0. The van der Waals surface area contributed by atoms with Gasteiger partial charge in [0.25, 0.3) is 0 Å². The monoisotopic (exact) mass is 568 g/mol. The van der Waals surface area contributed by atoms with Crippen LogP contribution in [0.15, 0.2) is 60.8 Å². The number of para-hydroxylation sites is 1. The molecule has 0 bridgehead atoms. The van der Waals surface area contributed by atoms with E-state index >= 15 is 0 Å². The van der Waals surface area contributed by atoms with E-state index in [0.717, 1.165) is 16.5 Å². The summed E-state index contributed by atoms with van der Waals surface area (Å²) >= 11 is 4.11. The summed E-state index contributed by atoms with van der Waals surface area (Å²) in [5, 5.41) is 17.8. The van der Waals surface area contributed by atoms with Gasteiger partial charge in [-0.15, -0.1) is 0 Å². The van der Waals surface area contributed by atoms with Gasteiger partial charge in [0.05, 0.1) is 12.5 Å². The highest BCUT2D eigenvalue weighted by Gasteiger charge is 2.31. The third-order valence-corrected chi connectivity index (χ3v) is 6.57. The van der Waals surface area contributed by atoms with E-state index in [1.54, 1.807) is 12.3 Å². The second kappa shape index (κ2) is 14.1. The predicted molar refractivity (Wildman–Crippen MR) is 151 cm³/mol. The normalized spacial score (nSPS) is 13.9. The van der Waals surface area contributed by atoms with Crippen LogP contribution < -0.4 is 27.4 Å². The van der Waals surface area contributed by atoms with E-state index in [-0.39, 0.29) is 18.6 Å². The molecule has 0 aliphatic heterocycles. The smallest absolute Gasteiger partial charge is 0.326 e. The third-order valence-electron chi connectivity index (χ3n) is 6.20. The largest absolute Gasteiger partial charge is 0.480 e. The molecule has 9 N–H and O–H groups in total. The minimum absolute atomic E-state index is 0.0586. The summed E-state index contributed by atoms with van der Waals surface area (Å²) in [5.74, 6) is -4.71. The van der Waals surface area contributed by atoms with Crippen molar-refractivity contribution in [2.75, 3.05) is 5.75 Å². The number of aliphatic carboxylic acids is 1. The quantitative estimate of drug-likeness (QED) is 0.121. The average molecular weight is 569 g/mol. The third kappa shape index (κ3) is 8.32. The average Bonchev–Trinajstić information content (AvgIpc) is 3.33. The van der Waals surface area contributed by atoms with Crippen molar-refractivity contribution in [1.29, 1.82) is 0 Å². The summed E-state index contributed by atoms with van der Waals surface area (Å²) in [4.78, 5) is 65.3. The number of hydrogen-bond donors (Lipinski definition) is 8. The Hall–Kier alpha value is -4.36. The molecule has 4 atom stereocenters. The van der Waals surface area contributed by atoms with E-state index in [0.29, 0.717) is 5.56 Å². The van der Waals surface area contributed by atoms with Crippen LogP contribution in [0.3, 0.4) is 0 Å². The number of nitrogens with one attached hydrogen (secondary N) is 4. The van der Waals surface area contributed by atoms with Crippen molar-refractivity contribution in [2.24, 2.45) is 11.5 Å². The molecule has 40 heavy (non-hydrogen) atoms. The van der Waals surface area contributed by atoms with Crippen LogP contribution in [0.5, 0.6) is 0 Å². The number of H-pyrrole nitrogens is 1. The number of aromatic amines is 1. The second-order valence-corrected chi connectivity index (χ2v) is 9.60. The van der Waals surface area contributed by atoms with Gasteiger partial charge in [0.15, 0.2) is 0 Å². The van der Waals surface area contributed by atoms with Gasteiger partial charge in [-0.2, -0.15) is 12.6 Å². The molecule has 212 valence electrons. The Bertz CT molecular complexity index is 1360. The van der Waals surface area contributed by atoms with Gasteiger partial charge in [-0.1, -0.05) is 48.5 Å². The van der Waals surface area contributed by atoms with Crippen molar-refractivity contribution in [3.8, 4) is 0 Å². The molecule has 0 aliphatic carbocycles. The summed E-state index contributed by atoms with van der Waals surface area (Å²) < 4.78 is 0. The first kappa shape index (κ1) is 30.2. The summed E-state index contributed by atoms with van der Waals surface area (Å²) in [5.41, 5.74) is 13.6. The highest BCUT2D eigenvalue weighted by molar-refractivity contribution is 7.80. The summed E-state index contributed by atoms with van der Waals surface area (Å²) in [6.07, 6.45) is 1.22. The molecule has 0 saturated carbocycles. The first-order valence-electron chi connectivity index (χ1n) is 12.5. The SMILES string of the molecule is NC(=O)CC(NC(=O)C(CS)NC(=O)C(N)Cc1ccccc1)C(=O)NC(Cc1c[nH]c2ccccc12)C(=O)O. The van der Waals surface area contributed by atoms with Gasteiger partial charge in [0.2, 0.25) is 23.6 Å². The zero-order valence-electron chi connectivity index (χ0n) is 21.5. The number of fused-ring (bicyclic) bond motifs is 1. The Morgan fingerprint density at radius 2 is 1.43 bits per heavy atom. The number of thiol groups is 1. The first-order chi connectivity index (χ1) is 19.1. The van der Waals surface area contributed by atoms with Crippen molar-refractivity contribution >= 4 is 53.1 Å². The Balaban J connectivity index is 1.66. The first-order valence-corrected chi connectivity index (χ1v) is 13.1. The number of amides is 4. The molecule has 4 unspecified atom stereocenters. The number of carboxylic acid groups (broad SMARTS) is 1. The lowest BCUT2D eigenvalue weighted by Crippen LogP contribution is -2.58. The Morgan fingerprint density at radius 1 is 0.825 bits per heavy atom. The molecule has 4 amide bonds. The van der Waals surface area contributed by atoms with Crippen molar-refractivity contribution in [1.82, 2.24) is 20.9 Å². The van der Waals surface area contributed by atoms with E-state index in [9.17, 15) is 29.1 Å². The fourth-order valence-electron chi connectivity index (χ4n) is 4.11. The van der Waals surface area contributed by atoms with E-state index in [1.165, 1.54) is 0 Å². The van der Waals surface area contributed by atoms with Crippen LogP contribution in [0.2, 0.25) is 0 Å². The molecule has 3 aromatic rings. The van der Waals surface area contributed by atoms with Crippen LogP contribution in [0.25, 0.3) is 10.9 Å². The van der Waals surface area contributed by atoms with Gasteiger partial charge < -0.3 is 37.5 Å². The Kier molecular flexibility index (Phi) is 10.7. The van der Waals surface area contributed by atoms with Crippen molar-refractivity contribution in [3.63, 3.8) is 0 Å². The number of carboxylic acids is 1. The van der Waals surface area contributed by atoms with Crippen molar-refractivity contribution in [3.05, 3.63) is 71.9 Å². The molecule has 0 radical (unpaired) electrons. The fourth-order valence-corrected chi connectivity index (χ4v) is 4.37. The van der Waals surface area contributed by atoms with E-state index in [4.69, 9.17) is 11.5 Å². The van der Waals surface area contributed by atoms with Crippen LogP contribution in [-0.2, 0) is 36.8 Å². The molecule has 0 spiro atoms. The van der Waals surface area contributed by atoms with Crippen LogP contribution in [-0.4, -0.2) is 69.6 Å². The molecule has 0 fully saturated rings. The maximum Gasteiger partial charge on any atom is 0.326 e. The van der Waals surface area contributed by atoms with Gasteiger partial charge >= 0.3 is 5.97 Å². The summed E-state index contributed by atoms with van der Waals surface area (Å²) in [6.45, 7) is 0. The number of rotatable bonds is 14. The maximum atomic E-state index is 13.0. The van der Waals surface area contributed by atoms with E-state index in [1.807, 2.05) is 48.5 Å². The van der Waals surface area contributed by atoms with Crippen molar-refractivity contribution in [2.45, 2.75) is 43.4 Å². The number of hydrogen-bond acceptors (Lipinski definition) is 7. The Morgan fingerprint density at radius 3 is 2.08 bits per heavy atom. The van der Waals surface area contributed by atoms with E-state index < -0.39 is 60.2 Å². The molecule has 0 saturated heterocycles. The topological polar surface area (TPSA) is 209 Å². The number of carbonyl (C=O) groups excluding carboxylic acids is 4. The standard InChI is InChI=1S/C27H32N6O6S/c28-18(10-15-6-2-1-3-7-15)24(35)33-22(14-40)26(37)31-20(12-23(29)34)25(36)32-21(27(38)39)11-16-13-30-19-9-5-4-8-17(16)19/h1-9,13,18,20-22,30,40H,10-12,14,28H2,(H2,29,34)(H,31,37)(H,32,36)(H,33,35)(H,38,39). The van der Waals surface area contributed by atoms with Gasteiger partial charge in [0.1, 0.15) is 18.1 Å². The van der Waals surface area contributed by atoms with Gasteiger partial charge in [-0.3, -0.25) is 19.2 Å². The zero-order chi connectivity index (χ0) is 29.2. The number of aromatic nitrogens is 1. The van der Waals surface area contributed by atoms with Crippen LogP contribution in [0, 0.1) is 0 Å². The highest BCUT2D eigenvalue weighted by atomic mass is 32.1. The van der Waals surface area contributed by atoms with Gasteiger partial charge in [-0.25, -0.2) is 4.79 Å². The van der Waals surface area contributed by atoms with Crippen LogP contribution >= 0.6 is 12.6 Å². The summed E-state index contributed by atoms with van der Waals surface area (Å²) in [7, 11) is 0. The zero-order valence-corrected chi connectivity index (χ0v) is 22.4. The molecule has 12 nitrogen and oxygen atoms in total.